The minimum absolute atomic E-state index is 0.137. The monoisotopic (exact) mass is 298 g/mol. The Morgan fingerprint density at radius 1 is 1.36 bits per heavy atom. The summed E-state index contributed by atoms with van der Waals surface area (Å²) in [5.74, 6) is 0.700. The summed E-state index contributed by atoms with van der Waals surface area (Å²) < 4.78 is 1.93. The van der Waals surface area contributed by atoms with Crippen LogP contribution in [0.3, 0.4) is 0 Å². The number of rotatable bonds is 4. The quantitative estimate of drug-likeness (QED) is 0.938. The van der Waals surface area contributed by atoms with Gasteiger partial charge in [-0.05, 0) is 56.6 Å². The second-order valence-electron chi connectivity index (χ2n) is 5.83. The third-order valence-electron chi connectivity index (χ3n) is 4.22. The van der Waals surface area contributed by atoms with E-state index in [0.29, 0.717) is 5.92 Å². The molecule has 2 aromatic rings. The second kappa shape index (κ2) is 6.75. The summed E-state index contributed by atoms with van der Waals surface area (Å²) >= 11 is 0. The number of benzene rings is 1. The van der Waals surface area contributed by atoms with Gasteiger partial charge in [0.25, 0.3) is 5.91 Å². The molecule has 1 N–H and O–H groups in total. The second-order valence-corrected chi connectivity index (χ2v) is 5.83. The third kappa shape index (κ3) is 3.20. The molecular weight excluding hydrogens is 276 g/mol. The van der Waals surface area contributed by atoms with Crippen LogP contribution in [0.1, 0.15) is 23.2 Å². The number of likely N-dealkylation sites (tertiary alicyclic amines) is 1. The first kappa shape index (κ1) is 14.8. The number of carbonyl (C=O) groups is 1. The molecule has 0 bridgehead atoms. The van der Waals surface area contributed by atoms with Crippen LogP contribution in [0.4, 0.5) is 0 Å². The molecule has 22 heavy (non-hydrogen) atoms. The minimum atomic E-state index is 0.137. The number of amides is 1. The van der Waals surface area contributed by atoms with Crippen LogP contribution in [0.2, 0.25) is 0 Å². The van der Waals surface area contributed by atoms with E-state index in [9.17, 15) is 4.79 Å². The van der Waals surface area contributed by atoms with Crippen LogP contribution in [0, 0.1) is 5.92 Å². The molecule has 0 spiro atoms. The van der Waals surface area contributed by atoms with Crippen molar-refractivity contribution in [3.05, 3.63) is 48.5 Å². The average molecular weight is 298 g/mol. The van der Waals surface area contributed by atoms with Gasteiger partial charge in [-0.3, -0.25) is 4.79 Å². The third-order valence-corrected chi connectivity index (χ3v) is 4.22. The van der Waals surface area contributed by atoms with Gasteiger partial charge < -0.3 is 14.8 Å². The van der Waals surface area contributed by atoms with Gasteiger partial charge in [0.2, 0.25) is 0 Å². The Kier molecular flexibility index (Phi) is 4.53. The standard InChI is InChI=1S/C17H22N4O/c1-18-11-14-3-2-9-20(12-14)17(22)15-4-6-16(7-5-15)21-10-8-19-13-21/h4-8,10,13-14,18H,2-3,9,11-12H2,1H3/t14-/m0/s1. The molecule has 1 aromatic carbocycles. The number of piperidine rings is 1. The molecule has 1 amide bonds. The largest absolute Gasteiger partial charge is 0.338 e. The van der Waals surface area contributed by atoms with Gasteiger partial charge in [0.05, 0.1) is 6.33 Å². The molecule has 1 atom stereocenters. The first-order valence-corrected chi connectivity index (χ1v) is 7.80. The molecular formula is C17H22N4O. The van der Waals surface area contributed by atoms with Gasteiger partial charge in [0.15, 0.2) is 0 Å². The minimum Gasteiger partial charge on any atom is -0.338 e. The van der Waals surface area contributed by atoms with Crippen molar-refractivity contribution in [3.8, 4) is 5.69 Å². The van der Waals surface area contributed by atoms with E-state index in [1.54, 1.807) is 12.5 Å². The Bertz CT molecular complexity index is 604. The van der Waals surface area contributed by atoms with Gasteiger partial charge >= 0.3 is 0 Å². The zero-order valence-electron chi connectivity index (χ0n) is 12.9. The molecule has 0 unspecified atom stereocenters. The van der Waals surface area contributed by atoms with Gasteiger partial charge in [-0.2, -0.15) is 0 Å². The summed E-state index contributed by atoms with van der Waals surface area (Å²) in [6, 6.07) is 7.73. The summed E-state index contributed by atoms with van der Waals surface area (Å²) in [5, 5.41) is 3.21. The highest BCUT2D eigenvalue weighted by Crippen LogP contribution is 2.19. The van der Waals surface area contributed by atoms with Crippen LogP contribution in [0.25, 0.3) is 5.69 Å². The van der Waals surface area contributed by atoms with Crippen molar-refractivity contribution in [1.82, 2.24) is 19.8 Å². The lowest BCUT2D eigenvalue weighted by molar-refractivity contribution is 0.0674. The van der Waals surface area contributed by atoms with Crippen molar-refractivity contribution in [2.45, 2.75) is 12.8 Å². The first-order chi connectivity index (χ1) is 10.8. The van der Waals surface area contributed by atoms with E-state index in [4.69, 9.17) is 0 Å². The normalized spacial score (nSPS) is 18.4. The Morgan fingerprint density at radius 3 is 2.86 bits per heavy atom. The van der Waals surface area contributed by atoms with Gasteiger partial charge in [-0.25, -0.2) is 4.98 Å². The van der Waals surface area contributed by atoms with Gasteiger partial charge in [0, 0.05) is 36.7 Å². The molecule has 3 rings (SSSR count). The SMILES string of the molecule is CNC[C@@H]1CCCN(C(=O)c2ccc(-n3ccnc3)cc2)C1. The predicted octanol–water partition coefficient (Wildman–Crippen LogP) is 1.94. The molecule has 1 aromatic heterocycles. The van der Waals surface area contributed by atoms with E-state index in [-0.39, 0.29) is 5.91 Å². The number of hydrogen-bond acceptors (Lipinski definition) is 3. The van der Waals surface area contributed by atoms with Gasteiger partial charge in [0.1, 0.15) is 0 Å². The van der Waals surface area contributed by atoms with E-state index in [1.807, 2.05) is 47.0 Å². The van der Waals surface area contributed by atoms with Crippen LogP contribution in [-0.4, -0.2) is 47.0 Å². The summed E-state index contributed by atoms with van der Waals surface area (Å²) in [6.07, 6.45) is 7.68. The molecule has 5 nitrogen and oxygen atoms in total. The Labute approximate surface area is 131 Å². The molecule has 1 saturated heterocycles. The fourth-order valence-electron chi connectivity index (χ4n) is 3.08. The number of carbonyl (C=O) groups excluding carboxylic acids is 1. The molecule has 0 radical (unpaired) electrons. The van der Waals surface area contributed by atoms with Crippen LogP contribution >= 0.6 is 0 Å². The summed E-state index contributed by atoms with van der Waals surface area (Å²) in [6.45, 7) is 2.69. The zero-order chi connectivity index (χ0) is 15.4. The average Bonchev–Trinajstić information content (AvgIpc) is 3.09. The predicted molar refractivity (Wildman–Crippen MR) is 86.1 cm³/mol. The topological polar surface area (TPSA) is 50.2 Å². The van der Waals surface area contributed by atoms with Crippen LogP contribution in [0.15, 0.2) is 43.0 Å². The maximum Gasteiger partial charge on any atom is 0.253 e. The summed E-state index contributed by atoms with van der Waals surface area (Å²) in [4.78, 5) is 18.7. The highest BCUT2D eigenvalue weighted by molar-refractivity contribution is 5.94. The molecule has 1 aliphatic rings. The van der Waals surface area contributed by atoms with E-state index < -0.39 is 0 Å². The van der Waals surface area contributed by atoms with Gasteiger partial charge in [-0.15, -0.1) is 0 Å². The molecule has 116 valence electrons. The smallest absolute Gasteiger partial charge is 0.253 e. The molecule has 0 aliphatic carbocycles. The highest BCUT2D eigenvalue weighted by atomic mass is 16.2. The van der Waals surface area contributed by atoms with Crippen LogP contribution in [-0.2, 0) is 0 Å². The zero-order valence-corrected chi connectivity index (χ0v) is 12.9. The summed E-state index contributed by atoms with van der Waals surface area (Å²) in [5.41, 5.74) is 1.77. The molecule has 2 heterocycles. The van der Waals surface area contributed by atoms with Crippen LogP contribution in [0.5, 0.6) is 0 Å². The number of hydrogen-bond donors (Lipinski definition) is 1. The van der Waals surface area contributed by atoms with Crippen molar-refractivity contribution in [2.75, 3.05) is 26.7 Å². The van der Waals surface area contributed by atoms with Crippen molar-refractivity contribution < 1.29 is 4.79 Å². The molecule has 1 fully saturated rings. The number of imidazole rings is 1. The first-order valence-electron chi connectivity index (χ1n) is 7.80. The number of aromatic nitrogens is 2. The van der Waals surface area contributed by atoms with Crippen molar-refractivity contribution >= 4 is 5.91 Å². The van der Waals surface area contributed by atoms with Crippen molar-refractivity contribution in [2.24, 2.45) is 5.92 Å². The Morgan fingerprint density at radius 2 is 2.18 bits per heavy atom. The van der Waals surface area contributed by atoms with E-state index in [0.717, 1.165) is 37.3 Å². The van der Waals surface area contributed by atoms with E-state index in [1.165, 1.54) is 6.42 Å². The fraction of sp³-hybridized carbons (Fsp3) is 0.412. The lowest BCUT2D eigenvalue weighted by Gasteiger charge is -2.32. The highest BCUT2D eigenvalue weighted by Gasteiger charge is 2.23. The Hall–Kier alpha value is -2.14. The van der Waals surface area contributed by atoms with E-state index in [2.05, 4.69) is 10.3 Å². The van der Waals surface area contributed by atoms with Crippen LogP contribution < -0.4 is 5.32 Å². The number of nitrogens with one attached hydrogen (secondary N) is 1. The van der Waals surface area contributed by atoms with E-state index >= 15 is 0 Å². The number of nitrogens with zero attached hydrogens (tertiary/aromatic N) is 3. The van der Waals surface area contributed by atoms with Crippen molar-refractivity contribution in [3.63, 3.8) is 0 Å². The Balaban J connectivity index is 1.69. The van der Waals surface area contributed by atoms with Gasteiger partial charge in [-0.1, -0.05) is 0 Å². The lowest BCUT2D eigenvalue weighted by Crippen LogP contribution is -2.42. The lowest BCUT2D eigenvalue weighted by atomic mass is 9.97. The fourth-order valence-corrected chi connectivity index (χ4v) is 3.08. The maximum absolute atomic E-state index is 12.6. The maximum atomic E-state index is 12.6. The molecule has 1 aliphatic heterocycles. The van der Waals surface area contributed by atoms with Crippen molar-refractivity contribution in [1.29, 1.82) is 0 Å². The summed E-state index contributed by atoms with van der Waals surface area (Å²) in [7, 11) is 1.97. The molecule has 0 saturated carbocycles. The molecule has 5 heteroatoms.